The zero-order chi connectivity index (χ0) is 16.1. The van der Waals surface area contributed by atoms with E-state index in [-0.39, 0.29) is 24.3 Å². The number of carbonyl (C=O) groups excluding carboxylic acids is 2. The minimum atomic E-state index is -0.570. The molecule has 1 fully saturated rings. The quantitative estimate of drug-likeness (QED) is 0.809. The molecule has 0 radical (unpaired) electrons. The fraction of sp³-hybridized carbons (Fsp3) is 0.667. The molecule has 2 heterocycles. The summed E-state index contributed by atoms with van der Waals surface area (Å²) in [7, 11) is 0. The molecule has 0 aromatic carbocycles. The Kier molecular flexibility index (Phi) is 5.54. The number of imidazole rings is 1. The third-order valence-electron chi connectivity index (χ3n) is 4.20. The van der Waals surface area contributed by atoms with E-state index in [4.69, 9.17) is 5.73 Å². The fourth-order valence-electron chi connectivity index (χ4n) is 2.59. The zero-order valence-electron chi connectivity index (χ0n) is 13.2. The average Bonchev–Trinajstić information content (AvgIpc) is 3.06. The Labute approximate surface area is 130 Å². The third kappa shape index (κ3) is 4.07. The Balaban J connectivity index is 1.74. The van der Waals surface area contributed by atoms with Crippen LogP contribution in [-0.4, -0.2) is 51.9 Å². The van der Waals surface area contributed by atoms with Crippen LogP contribution in [-0.2, 0) is 9.59 Å². The van der Waals surface area contributed by atoms with Crippen molar-refractivity contribution in [1.29, 1.82) is 0 Å². The normalized spacial score (nSPS) is 17.5. The van der Waals surface area contributed by atoms with Gasteiger partial charge in [-0.05, 0) is 18.8 Å². The molecule has 3 N–H and O–H groups in total. The molecule has 1 aromatic rings. The number of likely N-dealkylation sites (tertiary alicyclic amines) is 1. The molecule has 0 spiro atoms. The van der Waals surface area contributed by atoms with Gasteiger partial charge in [0.1, 0.15) is 0 Å². The number of nitrogens with two attached hydrogens (primary N) is 1. The van der Waals surface area contributed by atoms with Crippen LogP contribution in [0.25, 0.3) is 0 Å². The van der Waals surface area contributed by atoms with Crippen LogP contribution in [0.5, 0.6) is 0 Å². The van der Waals surface area contributed by atoms with Crippen molar-refractivity contribution < 1.29 is 9.59 Å². The lowest BCUT2D eigenvalue weighted by atomic mass is 10.0. The zero-order valence-corrected chi connectivity index (χ0v) is 13.2. The molecule has 122 valence electrons. The molecule has 1 aromatic heterocycles. The van der Waals surface area contributed by atoms with E-state index in [0.717, 1.165) is 12.8 Å². The van der Waals surface area contributed by atoms with E-state index in [0.29, 0.717) is 19.1 Å². The van der Waals surface area contributed by atoms with E-state index in [1.54, 1.807) is 11.1 Å². The molecule has 1 aliphatic heterocycles. The number of hydrogen-bond acceptors (Lipinski definition) is 4. The molecule has 0 saturated carbocycles. The predicted molar refractivity (Wildman–Crippen MR) is 82.9 cm³/mol. The highest BCUT2D eigenvalue weighted by Crippen LogP contribution is 2.21. The Hall–Kier alpha value is -1.89. The number of nitrogens with zero attached hydrogens (tertiary/aromatic N) is 3. The fourth-order valence-corrected chi connectivity index (χ4v) is 2.59. The molecule has 7 nitrogen and oxygen atoms in total. The van der Waals surface area contributed by atoms with Crippen molar-refractivity contribution >= 4 is 11.8 Å². The van der Waals surface area contributed by atoms with Crippen LogP contribution in [0.4, 0.5) is 0 Å². The van der Waals surface area contributed by atoms with Crippen LogP contribution in [0.3, 0.4) is 0 Å². The lowest BCUT2D eigenvalue weighted by molar-refractivity contribution is -0.134. The van der Waals surface area contributed by atoms with E-state index < -0.39 is 6.04 Å². The Bertz CT molecular complexity index is 492. The van der Waals surface area contributed by atoms with Crippen LogP contribution < -0.4 is 11.1 Å². The molecule has 0 aliphatic carbocycles. The third-order valence-corrected chi connectivity index (χ3v) is 4.20. The molecule has 1 atom stereocenters. The van der Waals surface area contributed by atoms with Crippen LogP contribution in [0, 0.1) is 5.92 Å². The topological polar surface area (TPSA) is 93.2 Å². The summed E-state index contributed by atoms with van der Waals surface area (Å²) in [5.41, 5.74) is 5.75. The number of hydrogen-bond donors (Lipinski definition) is 2. The van der Waals surface area contributed by atoms with Crippen LogP contribution in [0.2, 0.25) is 0 Å². The summed E-state index contributed by atoms with van der Waals surface area (Å²) in [6, 6.07) is -0.171. The van der Waals surface area contributed by atoms with Crippen LogP contribution in [0.15, 0.2) is 18.7 Å². The molecule has 7 heteroatoms. The van der Waals surface area contributed by atoms with Gasteiger partial charge in [-0.15, -0.1) is 0 Å². The van der Waals surface area contributed by atoms with Crippen molar-refractivity contribution in [3.05, 3.63) is 18.7 Å². The van der Waals surface area contributed by atoms with E-state index in [2.05, 4.69) is 14.9 Å². The van der Waals surface area contributed by atoms with Gasteiger partial charge in [0, 0.05) is 31.5 Å². The van der Waals surface area contributed by atoms with Crippen molar-refractivity contribution in [1.82, 2.24) is 19.8 Å². The summed E-state index contributed by atoms with van der Waals surface area (Å²) >= 11 is 0. The first-order chi connectivity index (χ1) is 10.5. The molecule has 2 rings (SSSR count). The lowest BCUT2D eigenvalue weighted by Crippen LogP contribution is -2.49. The van der Waals surface area contributed by atoms with Gasteiger partial charge in [-0.25, -0.2) is 4.98 Å². The molecular weight excluding hydrogens is 282 g/mol. The van der Waals surface area contributed by atoms with Gasteiger partial charge in [0.05, 0.1) is 18.9 Å². The maximum absolute atomic E-state index is 12.1. The van der Waals surface area contributed by atoms with E-state index in [1.165, 1.54) is 0 Å². The SMILES string of the molecule is CC(C)[C@H](N)C(=O)NCC(=O)N1CCC(n2ccnc2)CC1. The number of carbonyl (C=O) groups is 2. The second-order valence-electron chi connectivity index (χ2n) is 6.11. The number of rotatable bonds is 5. The summed E-state index contributed by atoms with van der Waals surface area (Å²) in [5, 5.41) is 2.63. The summed E-state index contributed by atoms with van der Waals surface area (Å²) in [5.74, 6) is -0.258. The molecule has 22 heavy (non-hydrogen) atoms. The van der Waals surface area contributed by atoms with Gasteiger partial charge >= 0.3 is 0 Å². The minimum Gasteiger partial charge on any atom is -0.346 e. The van der Waals surface area contributed by atoms with Gasteiger partial charge in [-0.2, -0.15) is 0 Å². The lowest BCUT2D eigenvalue weighted by Gasteiger charge is -2.32. The number of amides is 2. The Morgan fingerprint density at radius 1 is 1.36 bits per heavy atom. The van der Waals surface area contributed by atoms with Crippen molar-refractivity contribution in [3.8, 4) is 0 Å². The van der Waals surface area contributed by atoms with Gasteiger partial charge in [-0.3, -0.25) is 9.59 Å². The molecule has 0 bridgehead atoms. The smallest absolute Gasteiger partial charge is 0.241 e. The molecule has 1 aliphatic rings. The summed E-state index contributed by atoms with van der Waals surface area (Å²) in [4.78, 5) is 29.8. The standard InChI is InChI=1S/C15H25N5O2/c1-11(2)14(16)15(22)18-9-13(21)19-6-3-12(4-7-19)20-8-5-17-10-20/h5,8,10-12,14H,3-4,6-7,9,16H2,1-2H3,(H,18,22)/t14-/m0/s1. The van der Waals surface area contributed by atoms with Gasteiger partial charge in [0.15, 0.2) is 0 Å². The summed E-state index contributed by atoms with van der Waals surface area (Å²) in [6.07, 6.45) is 7.35. The highest BCUT2D eigenvalue weighted by atomic mass is 16.2. The number of nitrogens with one attached hydrogen (secondary N) is 1. The number of piperidine rings is 1. The first-order valence-corrected chi connectivity index (χ1v) is 7.77. The monoisotopic (exact) mass is 307 g/mol. The largest absolute Gasteiger partial charge is 0.346 e. The maximum Gasteiger partial charge on any atom is 0.241 e. The predicted octanol–water partition coefficient (Wildman–Crippen LogP) is 0.146. The maximum atomic E-state index is 12.1. The van der Waals surface area contributed by atoms with Gasteiger partial charge in [-0.1, -0.05) is 13.8 Å². The van der Waals surface area contributed by atoms with Crippen molar-refractivity contribution in [2.75, 3.05) is 19.6 Å². The highest BCUT2D eigenvalue weighted by molar-refractivity contribution is 5.87. The van der Waals surface area contributed by atoms with Gasteiger partial charge < -0.3 is 20.5 Å². The average molecular weight is 307 g/mol. The summed E-state index contributed by atoms with van der Waals surface area (Å²) in [6.45, 7) is 5.19. The molecule has 0 unspecified atom stereocenters. The van der Waals surface area contributed by atoms with Crippen LogP contribution >= 0.6 is 0 Å². The van der Waals surface area contributed by atoms with Gasteiger partial charge in [0.25, 0.3) is 0 Å². The molecule has 1 saturated heterocycles. The van der Waals surface area contributed by atoms with Crippen molar-refractivity contribution in [2.24, 2.45) is 11.7 Å². The van der Waals surface area contributed by atoms with Crippen LogP contribution in [0.1, 0.15) is 32.7 Å². The van der Waals surface area contributed by atoms with Crippen molar-refractivity contribution in [2.45, 2.75) is 38.8 Å². The number of aromatic nitrogens is 2. The highest BCUT2D eigenvalue weighted by Gasteiger charge is 2.24. The molecular formula is C15H25N5O2. The van der Waals surface area contributed by atoms with E-state index >= 15 is 0 Å². The van der Waals surface area contributed by atoms with Gasteiger partial charge in [0.2, 0.25) is 11.8 Å². The first-order valence-electron chi connectivity index (χ1n) is 7.77. The summed E-state index contributed by atoms with van der Waals surface area (Å²) < 4.78 is 2.09. The van der Waals surface area contributed by atoms with E-state index in [9.17, 15) is 9.59 Å². The first kappa shape index (κ1) is 16.5. The Morgan fingerprint density at radius 3 is 2.59 bits per heavy atom. The van der Waals surface area contributed by atoms with E-state index in [1.807, 2.05) is 26.4 Å². The molecule has 2 amide bonds. The second kappa shape index (κ2) is 7.40. The van der Waals surface area contributed by atoms with Crippen molar-refractivity contribution in [3.63, 3.8) is 0 Å². The minimum absolute atomic E-state index is 0.0228. The second-order valence-corrected chi connectivity index (χ2v) is 6.11. The Morgan fingerprint density at radius 2 is 2.05 bits per heavy atom.